The Morgan fingerprint density at radius 1 is 1.45 bits per heavy atom. The van der Waals surface area contributed by atoms with Crippen LogP contribution in [-0.4, -0.2) is 25.4 Å². The van der Waals surface area contributed by atoms with E-state index in [4.69, 9.17) is 9.47 Å². The molecule has 0 spiro atoms. The van der Waals surface area contributed by atoms with Crippen molar-refractivity contribution in [1.29, 1.82) is 0 Å². The van der Waals surface area contributed by atoms with Gasteiger partial charge in [0, 0.05) is 29.2 Å². The molecular weight excluding hydrogens is 318 g/mol. The Kier molecular flexibility index (Phi) is 5.87. The van der Waals surface area contributed by atoms with E-state index in [9.17, 15) is 0 Å². The summed E-state index contributed by atoms with van der Waals surface area (Å²) in [5.41, 5.74) is 2.38. The molecule has 0 amide bonds. The molecule has 20 heavy (non-hydrogen) atoms. The number of hydrogen-bond acceptors (Lipinski definition) is 3. The van der Waals surface area contributed by atoms with Gasteiger partial charge in [-0.3, -0.25) is 0 Å². The molecule has 1 aromatic rings. The lowest BCUT2D eigenvalue weighted by molar-refractivity contribution is 0.00671. The molecule has 1 aliphatic heterocycles. The van der Waals surface area contributed by atoms with Crippen molar-refractivity contribution in [3.63, 3.8) is 0 Å². The summed E-state index contributed by atoms with van der Waals surface area (Å²) in [6.07, 6.45) is 2.34. The smallest absolute Gasteiger partial charge is 0.127 e. The number of rotatable bonds is 5. The molecule has 1 heterocycles. The first kappa shape index (κ1) is 15.8. The van der Waals surface area contributed by atoms with E-state index in [-0.39, 0.29) is 6.10 Å². The van der Waals surface area contributed by atoms with Gasteiger partial charge in [-0.2, -0.15) is 0 Å². The Morgan fingerprint density at radius 2 is 2.25 bits per heavy atom. The van der Waals surface area contributed by atoms with Crippen molar-refractivity contribution in [3.8, 4) is 5.75 Å². The van der Waals surface area contributed by atoms with Crippen LogP contribution in [0.1, 0.15) is 37.8 Å². The van der Waals surface area contributed by atoms with Gasteiger partial charge < -0.3 is 14.8 Å². The first-order chi connectivity index (χ1) is 9.56. The van der Waals surface area contributed by atoms with Gasteiger partial charge in [-0.15, -0.1) is 0 Å². The predicted octanol–water partition coefficient (Wildman–Crippen LogP) is 3.81. The molecule has 0 aliphatic carbocycles. The lowest BCUT2D eigenvalue weighted by atomic mass is 10.1. The number of ether oxygens (including phenoxy) is 2. The largest absolute Gasteiger partial charge is 0.487 e. The van der Waals surface area contributed by atoms with E-state index in [1.165, 1.54) is 11.1 Å². The maximum atomic E-state index is 6.22. The van der Waals surface area contributed by atoms with E-state index in [0.29, 0.717) is 12.6 Å². The first-order valence-electron chi connectivity index (χ1n) is 7.33. The average Bonchev–Trinajstić information content (AvgIpc) is 2.41. The van der Waals surface area contributed by atoms with Crippen LogP contribution in [0.15, 0.2) is 16.6 Å². The molecule has 1 saturated heterocycles. The molecule has 3 nitrogen and oxygen atoms in total. The summed E-state index contributed by atoms with van der Waals surface area (Å²) in [4.78, 5) is 0. The number of aryl methyl sites for hydroxylation is 1. The molecule has 1 atom stereocenters. The van der Waals surface area contributed by atoms with Gasteiger partial charge in [0.05, 0.1) is 6.61 Å². The molecule has 0 saturated carbocycles. The summed E-state index contributed by atoms with van der Waals surface area (Å²) in [6, 6.07) is 4.71. The molecule has 1 aromatic carbocycles. The second-order valence-corrected chi connectivity index (χ2v) is 6.62. The number of benzene rings is 1. The quantitative estimate of drug-likeness (QED) is 0.883. The van der Waals surface area contributed by atoms with Crippen molar-refractivity contribution < 1.29 is 9.47 Å². The van der Waals surface area contributed by atoms with E-state index >= 15 is 0 Å². The van der Waals surface area contributed by atoms with Crippen LogP contribution in [0.4, 0.5) is 0 Å². The van der Waals surface area contributed by atoms with Crippen LogP contribution in [0, 0.1) is 6.92 Å². The lowest BCUT2D eigenvalue weighted by Gasteiger charge is -2.26. The summed E-state index contributed by atoms with van der Waals surface area (Å²) in [5, 5.41) is 3.46. The van der Waals surface area contributed by atoms with Gasteiger partial charge in [0.15, 0.2) is 0 Å². The van der Waals surface area contributed by atoms with Crippen molar-refractivity contribution >= 4 is 15.9 Å². The van der Waals surface area contributed by atoms with Crippen LogP contribution in [0.5, 0.6) is 5.75 Å². The summed E-state index contributed by atoms with van der Waals surface area (Å²) < 4.78 is 12.8. The highest BCUT2D eigenvalue weighted by Gasteiger charge is 2.18. The second-order valence-electron chi connectivity index (χ2n) is 5.70. The Bertz CT molecular complexity index is 442. The van der Waals surface area contributed by atoms with Gasteiger partial charge in [-0.25, -0.2) is 0 Å². The van der Waals surface area contributed by atoms with Gasteiger partial charge in [0.25, 0.3) is 0 Å². The monoisotopic (exact) mass is 341 g/mol. The maximum absolute atomic E-state index is 6.22. The summed E-state index contributed by atoms with van der Waals surface area (Å²) in [5.74, 6) is 1.01. The molecular formula is C16H24BrNO2. The van der Waals surface area contributed by atoms with Crippen LogP contribution >= 0.6 is 15.9 Å². The fourth-order valence-corrected chi connectivity index (χ4v) is 3.00. The molecule has 0 aromatic heterocycles. The third-order valence-electron chi connectivity index (χ3n) is 3.42. The van der Waals surface area contributed by atoms with Crippen LogP contribution < -0.4 is 10.1 Å². The van der Waals surface area contributed by atoms with E-state index in [1.54, 1.807) is 0 Å². The minimum Gasteiger partial charge on any atom is -0.487 e. The van der Waals surface area contributed by atoms with Crippen molar-refractivity contribution in [2.45, 2.75) is 52.3 Å². The average molecular weight is 342 g/mol. The van der Waals surface area contributed by atoms with Crippen LogP contribution in [-0.2, 0) is 11.3 Å². The number of hydrogen-bond donors (Lipinski definition) is 1. The first-order valence-corrected chi connectivity index (χ1v) is 8.12. The normalized spacial score (nSPS) is 19.4. The number of halogens is 1. The molecule has 1 fully saturated rings. The highest BCUT2D eigenvalue weighted by atomic mass is 79.9. The zero-order chi connectivity index (χ0) is 14.5. The SMILES string of the molecule is Cc1cc(Br)cc(CNC(C)C)c1OC1CCCOC1. The molecule has 1 unspecified atom stereocenters. The summed E-state index contributed by atoms with van der Waals surface area (Å²) in [7, 11) is 0. The predicted molar refractivity (Wildman–Crippen MR) is 85.3 cm³/mol. The third-order valence-corrected chi connectivity index (χ3v) is 3.88. The van der Waals surface area contributed by atoms with Crippen LogP contribution in [0.3, 0.4) is 0 Å². The van der Waals surface area contributed by atoms with Crippen molar-refractivity contribution in [2.24, 2.45) is 0 Å². The molecule has 0 bridgehead atoms. The van der Waals surface area contributed by atoms with Crippen LogP contribution in [0.2, 0.25) is 0 Å². The fraction of sp³-hybridized carbons (Fsp3) is 0.625. The molecule has 4 heteroatoms. The summed E-state index contributed by atoms with van der Waals surface area (Å²) >= 11 is 3.57. The molecule has 2 rings (SSSR count). The highest BCUT2D eigenvalue weighted by molar-refractivity contribution is 9.10. The van der Waals surface area contributed by atoms with Gasteiger partial charge in [0.1, 0.15) is 11.9 Å². The van der Waals surface area contributed by atoms with E-state index in [1.807, 2.05) is 0 Å². The minimum absolute atomic E-state index is 0.182. The lowest BCUT2D eigenvalue weighted by Crippen LogP contribution is -2.29. The Labute approximate surface area is 130 Å². The topological polar surface area (TPSA) is 30.5 Å². The van der Waals surface area contributed by atoms with Gasteiger partial charge in [0.2, 0.25) is 0 Å². The molecule has 112 valence electrons. The third kappa shape index (κ3) is 4.47. The molecule has 1 aliphatic rings. The zero-order valence-electron chi connectivity index (χ0n) is 12.5. The highest BCUT2D eigenvalue weighted by Crippen LogP contribution is 2.30. The molecule has 0 radical (unpaired) electrons. The van der Waals surface area contributed by atoms with Crippen molar-refractivity contribution in [2.75, 3.05) is 13.2 Å². The Hall–Kier alpha value is -0.580. The van der Waals surface area contributed by atoms with E-state index < -0.39 is 0 Å². The Morgan fingerprint density at radius 3 is 2.90 bits per heavy atom. The van der Waals surface area contributed by atoms with Gasteiger partial charge >= 0.3 is 0 Å². The minimum atomic E-state index is 0.182. The van der Waals surface area contributed by atoms with Crippen molar-refractivity contribution in [3.05, 3.63) is 27.7 Å². The van der Waals surface area contributed by atoms with Crippen molar-refractivity contribution in [1.82, 2.24) is 5.32 Å². The van der Waals surface area contributed by atoms with Crippen LogP contribution in [0.25, 0.3) is 0 Å². The maximum Gasteiger partial charge on any atom is 0.127 e. The van der Waals surface area contributed by atoms with Gasteiger partial charge in [-0.1, -0.05) is 29.8 Å². The second kappa shape index (κ2) is 7.43. The fourth-order valence-electron chi connectivity index (χ4n) is 2.38. The van der Waals surface area contributed by atoms with E-state index in [0.717, 1.165) is 36.2 Å². The Balaban J connectivity index is 2.15. The standard InChI is InChI=1S/C16H24BrNO2/c1-11(2)18-9-13-8-14(17)7-12(3)16(13)20-15-5-4-6-19-10-15/h7-8,11,15,18H,4-6,9-10H2,1-3H3. The number of nitrogens with one attached hydrogen (secondary N) is 1. The van der Waals surface area contributed by atoms with Gasteiger partial charge in [-0.05, 0) is 37.5 Å². The molecule has 1 N–H and O–H groups in total. The summed E-state index contributed by atoms with van der Waals surface area (Å²) in [6.45, 7) is 8.79. The van der Waals surface area contributed by atoms with E-state index in [2.05, 4.69) is 54.2 Å². The zero-order valence-corrected chi connectivity index (χ0v) is 14.1.